The van der Waals surface area contributed by atoms with Gasteiger partial charge in [0, 0.05) is 0 Å². The number of hydrogen-bond acceptors (Lipinski definition) is 5. The van der Waals surface area contributed by atoms with Gasteiger partial charge in [-0.05, 0) is 25.7 Å². The van der Waals surface area contributed by atoms with Crippen LogP contribution in [0, 0.1) is 5.92 Å². The van der Waals surface area contributed by atoms with E-state index in [0.29, 0.717) is 5.92 Å². The predicted octanol–water partition coefficient (Wildman–Crippen LogP) is 0.453. The van der Waals surface area contributed by atoms with Gasteiger partial charge in [-0.3, -0.25) is 9.63 Å². The molecule has 0 bridgehead atoms. The number of rotatable bonds is 9. The smallest absolute Gasteiger partial charge is 0.307 e. The maximum Gasteiger partial charge on any atom is 0.307 e. The lowest BCUT2D eigenvalue weighted by Gasteiger charge is -2.23. The van der Waals surface area contributed by atoms with Crippen molar-refractivity contribution in [2.24, 2.45) is 11.7 Å². The van der Waals surface area contributed by atoms with Crippen molar-refractivity contribution in [2.75, 3.05) is 0 Å². The summed E-state index contributed by atoms with van der Waals surface area (Å²) in [5, 5.41) is 18.0. The second-order valence-corrected chi connectivity index (χ2v) is 4.69. The van der Waals surface area contributed by atoms with Crippen LogP contribution in [0.2, 0.25) is 0 Å². The molecular formula is C11H24N2O4. The summed E-state index contributed by atoms with van der Waals surface area (Å²) in [7, 11) is 0. The van der Waals surface area contributed by atoms with Crippen LogP contribution in [-0.2, 0) is 9.63 Å². The summed E-state index contributed by atoms with van der Waals surface area (Å²) >= 11 is 0. The first-order valence-electron chi connectivity index (χ1n) is 5.89. The van der Waals surface area contributed by atoms with E-state index in [1.807, 2.05) is 0 Å². The molecule has 0 aromatic carbocycles. The van der Waals surface area contributed by atoms with E-state index in [-0.39, 0.29) is 12.5 Å². The van der Waals surface area contributed by atoms with Gasteiger partial charge in [-0.1, -0.05) is 13.8 Å². The number of carboxylic acids is 1. The monoisotopic (exact) mass is 248 g/mol. The SMILES string of the molecule is CC(C)CC[C@H](NO[C@H](N)CC(=O)O)C(C)O. The quantitative estimate of drug-likeness (QED) is 0.349. The lowest BCUT2D eigenvalue weighted by molar-refractivity contribution is -0.143. The number of aliphatic hydroxyl groups excluding tert-OH is 1. The Kier molecular flexibility index (Phi) is 8.07. The Labute approximate surface area is 102 Å². The molecule has 3 atom stereocenters. The van der Waals surface area contributed by atoms with Crippen molar-refractivity contribution >= 4 is 5.97 Å². The summed E-state index contributed by atoms with van der Waals surface area (Å²) in [5.74, 6) is -0.485. The topological polar surface area (TPSA) is 105 Å². The molecular weight excluding hydrogens is 224 g/mol. The van der Waals surface area contributed by atoms with Gasteiger partial charge in [0.25, 0.3) is 0 Å². The maximum absolute atomic E-state index is 10.4. The highest BCUT2D eigenvalue weighted by molar-refractivity contribution is 5.67. The standard InChI is InChI=1S/C11H24N2O4/c1-7(2)4-5-9(8(3)14)13-17-10(12)6-11(15)16/h7-10,13-14H,4-6,12H2,1-3H3,(H,15,16)/t8?,9-,10-/m0/s1. The van der Waals surface area contributed by atoms with Gasteiger partial charge in [0.05, 0.1) is 18.6 Å². The highest BCUT2D eigenvalue weighted by atomic mass is 16.7. The maximum atomic E-state index is 10.4. The molecule has 0 aliphatic heterocycles. The summed E-state index contributed by atoms with van der Waals surface area (Å²) in [6.45, 7) is 5.84. The molecule has 102 valence electrons. The van der Waals surface area contributed by atoms with Gasteiger partial charge in [-0.15, -0.1) is 0 Å². The zero-order chi connectivity index (χ0) is 13.4. The number of hydroxylamine groups is 1. The van der Waals surface area contributed by atoms with Gasteiger partial charge in [0.1, 0.15) is 6.23 Å². The first kappa shape index (κ1) is 16.3. The molecule has 0 radical (unpaired) electrons. The fourth-order valence-electron chi connectivity index (χ4n) is 1.30. The van der Waals surface area contributed by atoms with Crippen molar-refractivity contribution in [1.82, 2.24) is 5.48 Å². The summed E-state index contributed by atoms with van der Waals surface area (Å²) < 4.78 is 0. The van der Waals surface area contributed by atoms with E-state index in [1.165, 1.54) is 0 Å². The third kappa shape index (κ3) is 9.05. The molecule has 0 saturated heterocycles. The molecule has 0 saturated carbocycles. The Morgan fingerprint density at radius 2 is 1.94 bits per heavy atom. The van der Waals surface area contributed by atoms with Crippen LogP contribution < -0.4 is 11.2 Å². The first-order valence-corrected chi connectivity index (χ1v) is 5.89. The van der Waals surface area contributed by atoms with Crippen LogP contribution in [0.15, 0.2) is 0 Å². The minimum absolute atomic E-state index is 0.239. The average Bonchev–Trinajstić information content (AvgIpc) is 2.15. The molecule has 17 heavy (non-hydrogen) atoms. The molecule has 0 aliphatic carbocycles. The van der Waals surface area contributed by atoms with E-state index in [0.717, 1.165) is 12.8 Å². The summed E-state index contributed by atoms with van der Waals surface area (Å²) in [5.41, 5.74) is 8.07. The zero-order valence-corrected chi connectivity index (χ0v) is 10.7. The zero-order valence-electron chi connectivity index (χ0n) is 10.7. The lowest BCUT2D eigenvalue weighted by atomic mass is 10.0. The van der Waals surface area contributed by atoms with Crippen LogP contribution in [0.1, 0.15) is 40.0 Å². The van der Waals surface area contributed by atoms with Crippen molar-refractivity contribution in [3.63, 3.8) is 0 Å². The van der Waals surface area contributed by atoms with Gasteiger partial charge in [-0.25, -0.2) is 0 Å². The Morgan fingerprint density at radius 3 is 2.35 bits per heavy atom. The summed E-state index contributed by atoms with van der Waals surface area (Å²) in [6.07, 6.45) is -0.0718. The van der Waals surface area contributed by atoms with Gasteiger partial charge < -0.3 is 15.9 Å². The molecule has 0 rings (SSSR count). The summed E-state index contributed by atoms with van der Waals surface area (Å²) in [4.78, 5) is 15.4. The van der Waals surface area contributed by atoms with Crippen LogP contribution in [0.4, 0.5) is 0 Å². The molecule has 0 spiro atoms. The van der Waals surface area contributed by atoms with Crippen LogP contribution in [0.3, 0.4) is 0 Å². The van der Waals surface area contributed by atoms with E-state index < -0.39 is 18.3 Å². The van der Waals surface area contributed by atoms with Crippen LogP contribution in [0.25, 0.3) is 0 Å². The molecule has 0 aromatic heterocycles. The fraction of sp³-hybridized carbons (Fsp3) is 0.909. The molecule has 6 heteroatoms. The number of hydrogen-bond donors (Lipinski definition) is 4. The molecule has 0 fully saturated rings. The minimum Gasteiger partial charge on any atom is -0.481 e. The van der Waals surface area contributed by atoms with Crippen molar-refractivity contribution in [3.05, 3.63) is 0 Å². The van der Waals surface area contributed by atoms with Crippen molar-refractivity contribution < 1.29 is 19.8 Å². The van der Waals surface area contributed by atoms with Crippen LogP contribution in [-0.4, -0.2) is 34.6 Å². The Morgan fingerprint density at radius 1 is 1.35 bits per heavy atom. The molecule has 5 N–H and O–H groups in total. The number of nitrogens with one attached hydrogen (secondary N) is 1. The van der Waals surface area contributed by atoms with Gasteiger partial charge in [-0.2, -0.15) is 5.48 Å². The number of aliphatic hydroxyl groups is 1. The second-order valence-electron chi connectivity index (χ2n) is 4.69. The van der Waals surface area contributed by atoms with Crippen LogP contribution >= 0.6 is 0 Å². The Bertz CT molecular complexity index is 222. The molecule has 6 nitrogen and oxygen atoms in total. The molecule has 0 aromatic rings. The highest BCUT2D eigenvalue weighted by Gasteiger charge is 2.17. The Hall–Kier alpha value is -0.690. The highest BCUT2D eigenvalue weighted by Crippen LogP contribution is 2.09. The van der Waals surface area contributed by atoms with Crippen molar-refractivity contribution in [1.29, 1.82) is 0 Å². The third-order valence-electron chi connectivity index (χ3n) is 2.38. The largest absolute Gasteiger partial charge is 0.481 e. The van der Waals surface area contributed by atoms with E-state index in [9.17, 15) is 9.90 Å². The number of nitrogens with two attached hydrogens (primary N) is 1. The predicted molar refractivity (Wildman–Crippen MR) is 64.0 cm³/mol. The van der Waals surface area contributed by atoms with Gasteiger partial charge in [0.2, 0.25) is 0 Å². The first-order chi connectivity index (χ1) is 7.82. The third-order valence-corrected chi connectivity index (χ3v) is 2.38. The van der Waals surface area contributed by atoms with Crippen molar-refractivity contribution in [3.8, 4) is 0 Å². The summed E-state index contributed by atoms with van der Waals surface area (Å²) in [6, 6.07) is -0.239. The number of carboxylic acid groups (broad SMARTS) is 1. The number of carbonyl (C=O) groups is 1. The number of aliphatic carboxylic acids is 1. The minimum atomic E-state index is -1.02. The van der Waals surface area contributed by atoms with Gasteiger partial charge in [0.15, 0.2) is 0 Å². The van der Waals surface area contributed by atoms with E-state index in [2.05, 4.69) is 19.3 Å². The van der Waals surface area contributed by atoms with Crippen molar-refractivity contribution in [2.45, 2.75) is 58.4 Å². The molecule has 1 unspecified atom stereocenters. The molecule has 0 amide bonds. The average molecular weight is 248 g/mol. The normalized spacial score (nSPS) is 16.8. The molecule has 0 aliphatic rings. The lowest BCUT2D eigenvalue weighted by Crippen LogP contribution is -2.43. The van der Waals surface area contributed by atoms with E-state index >= 15 is 0 Å². The van der Waals surface area contributed by atoms with Gasteiger partial charge >= 0.3 is 5.97 Å². The fourth-order valence-corrected chi connectivity index (χ4v) is 1.30. The van der Waals surface area contributed by atoms with E-state index in [4.69, 9.17) is 15.7 Å². The van der Waals surface area contributed by atoms with E-state index in [1.54, 1.807) is 6.92 Å². The van der Waals surface area contributed by atoms with Crippen LogP contribution in [0.5, 0.6) is 0 Å². The second kappa shape index (κ2) is 8.41. The Balaban J connectivity index is 3.95. The molecule has 0 heterocycles.